The largest absolute Gasteiger partial charge is 0.381 e. The Morgan fingerprint density at radius 1 is 1.43 bits per heavy atom. The molecule has 4 nitrogen and oxygen atoms in total. The van der Waals surface area contributed by atoms with Crippen molar-refractivity contribution in [3.05, 3.63) is 45.5 Å². The van der Waals surface area contributed by atoms with E-state index in [9.17, 15) is 15.2 Å². The van der Waals surface area contributed by atoms with E-state index in [1.807, 2.05) is 19.1 Å². The molecular weight excluding hydrogens is 182 g/mol. The van der Waals surface area contributed by atoms with Crippen LogP contribution in [0.5, 0.6) is 0 Å². The van der Waals surface area contributed by atoms with Crippen LogP contribution in [0.1, 0.15) is 24.2 Å². The van der Waals surface area contributed by atoms with Crippen LogP contribution in [0, 0.1) is 17.0 Å². The van der Waals surface area contributed by atoms with Gasteiger partial charge in [0.05, 0.1) is 0 Å². The summed E-state index contributed by atoms with van der Waals surface area (Å²) in [6.45, 7) is 3.22. The fourth-order valence-electron chi connectivity index (χ4n) is 1.29. The van der Waals surface area contributed by atoms with Gasteiger partial charge in [-0.25, -0.2) is 0 Å². The highest BCUT2D eigenvalue weighted by Gasteiger charge is 2.26. The molecule has 76 valence electrons. The Hall–Kier alpha value is -1.42. The second-order valence-electron chi connectivity index (χ2n) is 3.33. The van der Waals surface area contributed by atoms with Gasteiger partial charge in [0, 0.05) is 11.8 Å². The van der Waals surface area contributed by atoms with Crippen LogP contribution >= 0.6 is 0 Å². The number of hydrogen-bond acceptors (Lipinski definition) is 3. The first-order chi connectivity index (χ1) is 6.54. The summed E-state index contributed by atoms with van der Waals surface area (Å²) in [5.41, 5.74) is 1.49. The lowest BCUT2D eigenvalue weighted by molar-refractivity contribution is -0.531. The van der Waals surface area contributed by atoms with Crippen molar-refractivity contribution >= 4 is 0 Å². The molecule has 0 aromatic heterocycles. The first-order valence-corrected chi connectivity index (χ1v) is 4.41. The third-order valence-electron chi connectivity index (χ3n) is 2.30. The number of aliphatic hydroxyl groups is 1. The zero-order valence-electron chi connectivity index (χ0n) is 8.18. The Kier molecular flexibility index (Phi) is 3.19. The second-order valence-corrected chi connectivity index (χ2v) is 3.33. The van der Waals surface area contributed by atoms with Gasteiger partial charge in [-0.3, -0.25) is 10.1 Å². The van der Waals surface area contributed by atoms with Crippen LogP contribution in [0.15, 0.2) is 24.3 Å². The lowest BCUT2D eigenvalue weighted by Crippen LogP contribution is -2.24. The Morgan fingerprint density at radius 2 is 2.00 bits per heavy atom. The van der Waals surface area contributed by atoms with Crippen LogP contribution in [0.3, 0.4) is 0 Å². The van der Waals surface area contributed by atoms with Crippen LogP contribution in [-0.4, -0.2) is 16.1 Å². The lowest BCUT2D eigenvalue weighted by atomic mass is 9.99. The van der Waals surface area contributed by atoms with Crippen LogP contribution in [-0.2, 0) is 0 Å². The highest BCUT2D eigenvalue weighted by molar-refractivity contribution is 5.28. The molecule has 0 aliphatic rings. The lowest BCUT2D eigenvalue weighted by Gasteiger charge is -2.14. The molecule has 2 atom stereocenters. The number of rotatable bonds is 3. The summed E-state index contributed by atoms with van der Waals surface area (Å²) in [4.78, 5) is 10.00. The third kappa shape index (κ3) is 2.09. The van der Waals surface area contributed by atoms with Crippen LogP contribution < -0.4 is 0 Å². The molecule has 1 rings (SSSR count). The van der Waals surface area contributed by atoms with Crippen LogP contribution in [0.4, 0.5) is 0 Å². The van der Waals surface area contributed by atoms with Gasteiger partial charge in [0.15, 0.2) is 0 Å². The van der Waals surface area contributed by atoms with E-state index in [-0.39, 0.29) is 0 Å². The van der Waals surface area contributed by atoms with Crippen molar-refractivity contribution in [3.63, 3.8) is 0 Å². The first-order valence-electron chi connectivity index (χ1n) is 4.41. The van der Waals surface area contributed by atoms with Gasteiger partial charge in [-0.05, 0) is 18.1 Å². The molecule has 0 radical (unpaired) electrons. The summed E-state index contributed by atoms with van der Waals surface area (Å²) in [7, 11) is 0. The van der Waals surface area contributed by atoms with Crippen molar-refractivity contribution in [2.24, 2.45) is 0 Å². The normalized spacial score (nSPS) is 14.8. The standard InChI is InChI=1S/C10H13NO3/c1-7-5-3-4-6-9(7)10(12)8(2)11(13)14/h3-6,8,10,12H,1-2H3/t8-,10-/m0/s1. The Morgan fingerprint density at radius 3 is 2.50 bits per heavy atom. The van der Waals surface area contributed by atoms with E-state index in [1.165, 1.54) is 6.92 Å². The maximum atomic E-state index is 10.5. The van der Waals surface area contributed by atoms with E-state index in [4.69, 9.17) is 0 Å². The summed E-state index contributed by atoms with van der Waals surface area (Å²) in [6.07, 6.45) is -1.04. The second kappa shape index (κ2) is 4.19. The number of aliphatic hydroxyl groups excluding tert-OH is 1. The summed E-state index contributed by atoms with van der Waals surface area (Å²) in [5.74, 6) is 0. The molecule has 14 heavy (non-hydrogen) atoms. The average Bonchev–Trinajstić information content (AvgIpc) is 2.16. The van der Waals surface area contributed by atoms with Crippen molar-refractivity contribution in [2.75, 3.05) is 0 Å². The molecule has 0 bridgehead atoms. The smallest absolute Gasteiger partial charge is 0.239 e. The van der Waals surface area contributed by atoms with E-state index in [0.29, 0.717) is 5.56 Å². The highest BCUT2D eigenvalue weighted by Crippen LogP contribution is 2.21. The molecule has 0 aliphatic heterocycles. The molecule has 1 N–H and O–H groups in total. The maximum absolute atomic E-state index is 10.5. The average molecular weight is 195 g/mol. The molecule has 0 unspecified atom stereocenters. The van der Waals surface area contributed by atoms with E-state index in [2.05, 4.69) is 0 Å². The predicted molar refractivity (Wildman–Crippen MR) is 52.6 cm³/mol. The van der Waals surface area contributed by atoms with Crippen molar-refractivity contribution < 1.29 is 10.0 Å². The number of hydrogen-bond donors (Lipinski definition) is 1. The van der Waals surface area contributed by atoms with Gasteiger partial charge in [0.2, 0.25) is 6.04 Å². The molecule has 0 aliphatic carbocycles. The van der Waals surface area contributed by atoms with Crippen LogP contribution in [0.25, 0.3) is 0 Å². The highest BCUT2D eigenvalue weighted by atomic mass is 16.6. The first kappa shape index (κ1) is 10.7. The minimum absolute atomic E-state index is 0.475. The molecule has 0 saturated carbocycles. The monoisotopic (exact) mass is 195 g/mol. The third-order valence-corrected chi connectivity index (χ3v) is 2.30. The Balaban J connectivity index is 2.94. The fraction of sp³-hybridized carbons (Fsp3) is 0.400. The van der Waals surface area contributed by atoms with Gasteiger partial charge in [0.1, 0.15) is 6.10 Å². The van der Waals surface area contributed by atoms with Crippen molar-refractivity contribution in [3.8, 4) is 0 Å². The predicted octanol–water partition coefficient (Wildman–Crippen LogP) is 1.69. The van der Waals surface area contributed by atoms with E-state index >= 15 is 0 Å². The number of benzene rings is 1. The number of aryl methyl sites for hydroxylation is 1. The fourth-order valence-corrected chi connectivity index (χ4v) is 1.29. The molecule has 0 amide bonds. The quantitative estimate of drug-likeness (QED) is 0.589. The topological polar surface area (TPSA) is 63.4 Å². The summed E-state index contributed by atoms with van der Waals surface area (Å²) in [6, 6.07) is 6.15. The minimum atomic E-state index is -1.04. The summed E-state index contributed by atoms with van der Waals surface area (Å²) < 4.78 is 0. The van der Waals surface area contributed by atoms with Gasteiger partial charge in [-0.1, -0.05) is 24.3 Å². The summed E-state index contributed by atoms with van der Waals surface area (Å²) in [5, 5.41) is 20.2. The molecule has 1 aromatic carbocycles. The van der Waals surface area contributed by atoms with E-state index in [0.717, 1.165) is 5.56 Å². The Bertz CT molecular complexity index is 338. The molecule has 0 saturated heterocycles. The molecule has 0 heterocycles. The van der Waals surface area contributed by atoms with Gasteiger partial charge in [-0.15, -0.1) is 0 Å². The van der Waals surface area contributed by atoms with Crippen LogP contribution in [0.2, 0.25) is 0 Å². The van der Waals surface area contributed by atoms with Gasteiger partial charge in [0.25, 0.3) is 0 Å². The minimum Gasteiger partial charge on any atom is -0.381 e. The zero-order valence-corrected chi connectivity index (χ0v) is 8.18. The van der Waals surface area contributed by atoms with Crippen molar-refractivity contribution in [1.82, 2.24) is 0 Å². The number of nitro groups is 1. The summed E-state index contributed by atoms with van der Waals surface area (Å²) >= 11 is 0. The van der Waals surface area contributed by atoms with Crippen molar-refractivity contribution in [1.29, 1.82) is 0 Å². The molecule has 0 fully saturated rings. The molecular formula is C10H13NO3. The molecule has 0 spiro atoms. The van der Waals surface area contributed by atoms with Gasteiger partial charge >= 0.3 is 0 Å². The molecule has 4 heteroatoms. The SMILES string of the molecule is Cc1ccccc1[C@@H](O)[C@H](C)[N+](=O)[O-]. The van der Waals surface area contributed by atoms with Gasteiger partial charge in [-0.2, -0.15) is 0 Å². The van der Waals surface area contributed by atoms with Gasteiger partial charge < -0.3 is 5.11 Å². The zero-order chi connectivity index (χ0) is 10.7. The van der Waals surface area contributed by atoms with Crippen molar-refractivity contribution in [2.45, 2.75) is 26.0 Å². The van der Waals surface area contributed by atoms with E-state index < -0.39 is 17.1 Å². The molecule has 1 aromatic rings. The number of nitrogens with zero attached hydrogens (tertiary/aromatic N) is 1. The Labute approximate surface area is 82.3 Å². The maximum Gasteiger partial charge on any atom is 0.239 e. The van der Waals surface area contributed by atoms with E-state index in [1.54, 1.807) is 12.1 Å².